The number of aromatic carboxylic acids is 1. The molecule has 1 aliphatic heterocycles. The third-order valence-corrected chi connectivity index (χ3v) is 6.44. The van der Waals surface area contributed by atoms with Crippen LogP contribution in [0, 0.1) is 11.8 Å². The summed E-state index contributed by atoms with van der Waals surface area (Å²) in [4.78, 5) is 38.3. The molecular formula is C27H22N2O4. The lowest BCUT2D eigenvalue weighted by Gasteiger charge is -2.32. The number of hydrogen-bond donors (Lipinski definition) is 2. The number of carbonyl (C=O) groups excluding carboxylic acids is 2. The molecule has 2 N–H and O–H groups in total. The first kappa shape index (κ1) is 20.7. The molecule has 33 heavy (non-hydrogen) atoms. The van der Waals surface area contributed by atoms with Gasteiger partial charge in [0.2, 0.25) is 0 Å². The summed E-state index contributed by atoms with van der Waals surface area (Å²) in [7, 11) is 0. The van der Waals surface area contributed by atoms with Crippen LogP contribution in [0.4, 0.5) is 5.69 Å². The summed E-state index contributed by atoms with van der Waals surface area (Å²) in [6.07, 6.45) is 4.09. The highest BCUT2D eigenvalue weighted by molar-refractivity contribution is 6.07. The zero-order valence-corrected chi connectivity index (χ0v) is 17.7. The first-order valence-corrected chi connectivity index (χ1v) is 10.8. The molecule has 0 spiro atoms. The van der Waals surface area contributed by atoms with Crippen molar-refractivity contribution < 1.29 is 19.5 Å². The van der Waals surface area contributed by atoms with E-state index < -0.39 is 17.8 Å². The van der Waals surface area contributed by atoms with E-state index in [1.54, 1.807) is 12.1 Å². The molecule has 1 saturated heterocycles. The van der Waals surface area contributed by atoms with Gasteiger partial charge >= 0.3 is 5.97 Å². The smallest absolute Gasteiger partial charge is 0.335 e. The van der Waals surface area contributed by atoms with Crippen LogP contribution in [0.15, 0.2) is 97.1 Å². The number of nitrogens with one attached hydrogen (secondary N) is 1. The molecule has 6 nitrogen and oxygen atoms in total. The third-order valence-electron chi connectivity index (χ3n) is 6.44. The van der Waals surface area contributed by atoms with Gasteiger partial charge in [-0.2, -0.15) is 5.01 Å². The van der Waals surface area contributed by atoms with E-state index >= 15 is 0 Å². The van der Waals surface area contributed by atoms with Crippen molar-refractivity contribution in [2.24, 2.45) is 11.8 Å². The minimum absolute atomic E-state index is 0.130. The van der Waals surface area contributed by atoms with Gasteiger partial charge in [-0.1, -0.05) is 72.8 Å². The Bertz CT molecular complexity index is 1150. The largest absolute Gasteiger partial charge is 0.478 e. The number of rotatable bonds is 5. The lowest BCUT2D eigenvalue weighted by Crippen LogP contribution is -2.37. The van der Waals surface area contributed by atoms with Crippen LogP contribution in [0.2, 0.25) is 0 Å². The van der Waals surface area contributed by atoms with Crippen molar-refractivity contribution in [3.63, 3.8) is 0 Å². The van der Waals surface area contributed by atoms with E-state index in [4.69, 9.17) is 5.11 Å². The first-order chi connectivity index (χ1) is 16.0. The fourth-order valence-corrected chi connectivity index (χ4v) is 4.86. The second kappa shape index (κ2) is 8.39. The van der Waals surface area contributed by atoms with Gasteiger partial charge in [-0.15, -0.1) is 0 Å². The Balaban J connectivity index is 1.52. The van der Waals surface area contributed by atoms with Crippen LogP contribution in [0.3, 0.4) is 0 Å². The molecule has 4 atom stereocenters. The van der Waals surface area contributed by atoms with E-state index in [9.17, 15) is 14.4 Å². The van der Waals surface area contributed by atoms with Gasteiger partial charge in [0.1, 0.15) is 0 Å². The predicted molar refractivity (Wildman–Crippen MR) is 123 cm³/mol. The number of carboxylic acid groups (broad SMARTS) is 1. The summed E-state index contributed by atoms with van der Waals surface area (Å²) in [5.41, 5.74) is 5.50. The van der Waals surface area contributed by atoms with E-state index in [0.29, 0.717) is 5.69 Å². The Hall–Kier alpha value is -4.19. The van der Waals surface area contributed by atoms with Gasteiger partial charge in [-0.05, 0) is 35.4 Å². The van der Waals surface area contributed by atoms with Crippen LogP contribution in [0.1, 0.15) is 33.3 Å². The van der Waals surface area contributed by atoms with Crippen molar-refractivity contribution in [2.45, 2.75) is 11.8 Å². The van der Waals surface area contributed by atoms with Crippen molar-refractivity contribution in [1.82, 2.24) is 5.01 Å². The molecule has 6 heteroatoms. The Kier molecular flexibility index (Phi) is 5.26. The van der Waals surface area contributed by atoms with Crippen molar-refractivity contribution >= 4 is 23.5 Å². The summed E-state index contributed by atoms with van der Waals surface area (Å²) in [6, 6.07) is 25.5. The highest BCUT2D eigenvalue weighted by Crippen LogP contribution is 2.49. The normalized spacial score (nSPS) is 23.9. The molecule has 0 unspecified atom stereocenters. The van der Waals surface area contributed by atoms with Crippen molar-refractivity contribution in [3.05, 3.63) is 114 Å². The van der Waals surface area contributed by atoms with E-state index in [-0.39, 0.29) is 29.2 Å². The summed E-state index contributed by atoms with van der Waals surface area (Å²) in [6.45, 7) is 0. The topological polar surface area (TPSA) is 86.7 Å². The molecular weight excluding hydrogens is 416 g/mol. The number of hydrogen-bond acceptors (Lipinski definition) is 4. The number of hydrazine groups is 1. The lowest BCUT2D eigenvalue weighted by molar-refractivity contribution is -0.138. The maximum absolute atomic E-state index is 13.6. The number of carboxylic acids is 1. The average Bonchev–Trinajstić information content (AvgIpc) is 3.10. The quantitative estimate of drug-likeness (QED) is 0.454. The maximum atomic E-state index is 13.6. The first-order valence-electron chi connectivity index (χ1n) is 10.8. The highest BCUT2D eigenvalue weighted by atomic mass is 16.4. The van der Waals surface area contributed by atoms with Crippen LogP contribution in [-0.2, 0) is 9.59 Å². The highest BCUT2D eigenvalue weighted by Gasteiger charge is 2.55. The van der Waals surface area contributed by atoms with Crippen molar-refractivity contribution in [1.29, 1.82) is 0 Å². The number of fused-ring (bicyclic) bond motifs is 1. The van der Waals surface area contributed by atoms with Gasteiger partial charge in [0.15, 0.2) is 0 Å². The second-order valence-electron chi connectivity index (χ2n) is 8.32. The molecule has 0 radical (unpaired) electrons. The number of nitrogens with zero attached hydrogens (tertiary/aromatic N) is 1. The Morgan fingerprint density at radius 1 is 0.697 bits per heavy atom. The summed E-state index contributed by atoms with van der Waals surface area (Å²) in [5, 5.41) is 10.2. The average molecular weight is 438 g/mol. The van der Waals surface area contributed by atoms with E-state index in [1.165, 1.54) is 12.1 Å². The van der Waals surface area contributed by atoms with Crippen LogP contribution >= 0.6 is 0 Å². The molecule has 3 aromatic rings. The Labute approximate surface area is 191 Å². The molecule has 2 aliphatic rings. The summed E-state index contributed by atoms with van der Waals surface area (Å²) >= 11 is 0. The number of allylic oxidation sites excluding steroid dienone is 2. The number of carbonyl (C=O) groups is 3. The Morgan fingerprint density at radius 2 is 1.15 bits per heavy atom. The Morgan fingerprint density at radius 3 is 1.58 bits per heavy atom. The summed E-state index contributed by atoms with van der Waals surface area (Å²) in [5.74, 6) is -3.12. The molecule has 0 saturated carbocycles. The number of benzene rings is 3. The van der Waals surface area contributed by atoms with E-state index in [1.807, 2.05) is 72.8 Å². The lowest BCUT2D eigenvalue weighted by atomic mass is 9.68. The zero-order chi connectivity index (χ0) is 22.9. The molecule has 3 aromatic carbocycles. The second-order valence-corrected chi connectivity index (χ2v) is 8.32. The van der Waals surface area contributed by atoms with E-state index in [0.717, 1.165) is 16.1 Å². The van der Waals surface area contributed by atoms with Crippen LogP contribution < -0.4 is 5.43 Å². The van der Waals surface area contributed by atoms with Crippen LogP contribution in [0.25, 0.3) is 0 Å². The fourth-order valence-electron chi connectivity index (χ4n) is 4.86. The third kappa shape index (κ3) is 3.69. The molecule has 5 rings (SSSR count). The fraction of sp³-hybridized carbons (Fsp3) is 0.148. The maximum Gasteiger partial charge on any atom is 0.335 e. The van der Waals surface area contributed by atoms with Gasteiger partial charge in [-0.3, -0.25) is 15.0 Å². The van der Waals surface area contributed by atoms with Gasteiger partial charge in [0.05, 0.1) is 23.1 Å². The van der Waals surface area contributed by atoms with Crippen LogP contribution in [0.5, 0.6) is 0 Å². The molecule has 1 heterocycles. The molecule has 0 bridgehead atoms. The minimum Gasteiger partial charge on any atom is -0.478 e. The molecule has 1 fully saturated rings. The van der Waals surface area contributed by atoms with Crippen LogP contribution in [-0.4, -0.2) is 27.9 Å². The molecule has 164 valence electrons. The predicted octanol–water partition coefficient (Wildman–Crippen LogP) is 4.45. The van der Waals surface area contributed by atoms with Crippen molar-refractivity contribution in [2.75, 3.05) is 5.43 Å². The molecule has 1 aliphatic carbocycles. The van der Waals surface area contributed by atoms with Gasteiger partial charge in [-0.25, -0.2) is 4.79 Å². The van der Waals surface area contributed by atoms with E-state index in [2.05, 4.69) is 5.43 Å². The van der Waals surface area contributed by atoms with Crippen molar-refractivity contribution in [3.8, 4) is 0 Å². The number of amides is 2. The van der Waals surface area contributed by atoms with Gasteiger partial charge in [0, 0.05) is 11.8 Å². The SMILES string of the molecule is O=C(O)c1ccc(NN2C(=O)[C@H]3[C@H](C2=O)[C@H](c2ccccc2)C=C[C@@H]3c2ccccc2)cc1. The standard InChI is InChI=1S/C27H22N2O4/c30-25-23-21(17-7-3-1-4-8-17)15-16-22(18-9-5-2-6-10-18)24(23)26(31)29(25)28-20-13-11-19(12-14-20)27(32)33/h1-16,21-24,28H,(H,32,33)/t21-,22+,23-,24-/m1/s1. The number of imide groups is 1. The van der Waals surface area contributed by atoms with Gasteiger partial charge < -0.3 is 5.11 Å². The number of anilines is 1. The zero-order valence-electron chi connectivity index (χ0n) is 17.7. The molecule has 0 aromatic heterocycles. The summed E-state index contributed by atoms with van der Waals surface area (Å²) < 4.78 is 0. The minimum atomic E-state index is -1.04. The van der Waals surface area contributed by atoms with Gasteiger partial charge in [0.25, 0.3) is 11.8 Å². The molecule has 2 amide bonds. The monoisotopic (exact) mass is 438 g/mol.